The molecule has 0 atom stereocenters. The van der Waals surface area contributed by atoms with E-state index < -0.39 is 0 Å². The molecular weight excluding hydrogens is 1740 g/mol. The first-order valence-corrected chi connectivity index (χ1v) is 26.5. The van der Waals surface area contributed by atoms with Gasteiger partial charge in [0.15, 0.2) is 0 Å². The van der Waals surface area contributed by atoms with Crippen LogP contribution in [0.3, 0.4) is 0 Å². The van der Waals surface area contributed by atoms with E-state index in [4.69, 9.17) is 0 Å². The Morgan fingerprint density at radius 2 is 0.699 bits per heavy atom. The van der Waals surface area contributed by atoms with Crippen LogP contribution in [0.25, 0.3) is 68.3 Å². The standard InChI is InChI=1S/C18H18N3.2C17H16N3.C15H12N3.4Ir/c1-18(2,3)17-20-19-16(14-10-6-4-7-11-14)21(17)15-12-8-5-9-13-15;1-13(2)16-18-19-17(14-9-5-3-6-10-14)20(16)15-11-7-4-8-12-15;1-2-9-16-18-19-17(14-10-5-3-6-11-14)20(16)15-12-7-4-8-13-15;1-12-16-17-15(13-8-4-2-5-9-13)18(12)14-10-6-3-7-11-14;;;;/h4-10,12-13H,1-3H3;3-9,11-13H,1-2H3;3-8,10,12-13H,2,9H2,1H3;2-8,10-11H,1H3;;;;/q4*-1;;;;. The number of rotatable bonds is 11. The van der Waals surface area contributed by atoms with Gasteiger partial charge in [0.25, 0.3) is 0 Å². The Morgan fingerprint density at radius 1 is 0.373 bits per heavy atom. The van der Waals surface area contributed by atoms with Crippen molar-refractivity contribution in [2.24, 2.45) is 0 Å². The van der Waals surface area contributed by atoms with Gasteiger partial charge in [0.2, 0.25) is 0 Å². The number of hydrogen-bond acceptors (Lipinski definition) is 8. The Morgan fingerprint density at radius 3 is 1.08 bits per heavy atom. The minimum atomic E-state index is -0.0874. The zero-order chi connectivity index (χ0) is 55.0. The maximum Gasteiger partial charge on any atom is 0.133 e. The first-order valence-electron chi connectivity index (χ1n) is 26.5. The number of para-hydroxylation sites is 4. The topological polar surface area (TPSA) is 123 Å². The van der Waals surface area contributed by atoms with Gasteiger partial charge in [0, 0.05) is 121 Å². The van der Waals surface area contributed by atoms with Crippen molar-refractivity contribution in [2.75, 3.05) is 0 Å². The van der Waals surface area contributed by atoms with Crippen molar-refractivity contribution in [3.8, 4) is 68.3 Å². The Kier molecular flexibility index (Phi) is 26.3. The van der Waals surface area contributed by atoms with Crippen molar-refractivity contribution >= 4 is 0 Å². The Labute approximate surface area is 541 Å². The summed E-state index contributed by atoms with van der Waals surface area (Å²) in [6.45, 7) is 14.8. The molecule has 0 N–H and O–H groups in total. The fourth-order valence-corrected chi connectivity index (χ4v) is 8.72. The summed E-state index contributed by atoms with van der Waals surface area (Å²) in [7, 11) is 0. The molecule has 0 aliphatic rings. The molecule has 0 amide bonds. The minimum absolute atomic E-state index is 0. The first kappa shape index (κ1) is 66.7. The van der Waals surface area contributed by atoms with Crippen LogP contribution in [0.5, 0.6) is 0 Å². The molecule has 0 fully saturated rings. The van der Waals surface area contributed by atoms with Crippen molar-refractivity contribution in [3.05, 3.63) is 266 Å². The van der Waals surface area contributed by atoms with E-state index in [1.165, 1.54) is 0 Å². The van der Waals surface area contributed by atoms with Gasteiger partial charge in [0.05, 0.1) is 23.3 Å². The van der Waals surface area contributed by atoms with Crippen LogP contribution in [0.1, 0.15) is 77.2 Å². The number of aromatic nitrogens is 12. The summed E-state index contributed by atoms with van der Waals surface area (Å²) in [5.74, 6) is 7.40. The van der Waals surface area contributed by atoms with Gasteiger partial charge < -0.3 is 18.3 Å². The molecule has 0 aliphatic carbocycles. The van der Waals surface area contributed by atoms with Gasteiger partial charge in [-0.2, -0.15) is 20.4 Å². The monoisotopic (exact) mass is 1810 g/mol. The third-order valence-electron chi connectivity index (χ3n) is 12.4. The fourth-order valence-electron chi connectivity index (χ4n) is 8.72. The second-order valence-corrected chi connectivity index (χ2v) is 19.7. The SMILES string of the molecule is CC(C)(C)c1nnc(-c2[c-]cccc2)n1-c1ccccc1.CC(C)c1nnc(-c2[c-]cccc2)n1-c1ccccc1.CCCc1nnc(-c2[c-]cccc2)n1-c1ccccc1.Cc1nnc(-c2[c-]cccc2)n1-c1ccccc1.[Ir].[Ir].[Ir].[Ir]. The zero-order valence-electron chi connectivity index (χ0n) is 47.0. The van der Waals surface area contributed by atoms with Gasteiger partial charge in [-0.25, -0.2) is 0 Å². The van der Waals surface area contributed by atoms with Crippen LogP contribution in [-0.2, 0) is 92.3 Å². The van der Waals surface area contributed by atoms with Crippen LogP contribution in [0, 0.1) is 31.2 Å². The third kappa shape index (κ3) is 16.8. The van der Waals surface area contributed by atoms with E-state index in [0.717, 1.165) is 104 Å². The smallest absolute Gasteiger partial charge is 0.133 e. The van der Waals surface area contributed by atoms with E-state index in [1.807, 2.05) is 193 Å². The van der Waals surface area contributed by atoms with Crippen LogP contribution in [0.2, 0.25) is 0 Å². The average molecular weight is 1800 g/mol. The second kappa shape index (κ2) is 32.7. The fraction of sp³-hybridized carbons (Fsp3) is 0.164. The zero-order valence-corrected chi connectivity index (χ0v) is 56.6. The van der Waals surface area contributed by atoms with Crippen LogP contribution < -0.4 is 0 Å². The third-order valence-corrected chi connectivity index (χ3v) is 12.4. The van der Waals surface area contributed by atoms with Crippen molar-refractivity contribution in [1.29, 1.82) is 0 Å². The molecule has 83 heavy (non-hydrogen) atoms. The molecule has 430 valence electrons. The first-order chi connectivity index (χ1) is 38.6. The van der Waals surface area contributed by atoms with E-state index in [0.29, 0.717) is 5.92 Å². The molecule has 12 aromatic rings. The van der Waals surface area contributed by atoms with Gasteiger partial charge in [-0.15, -0.1) is 164 Å². The number of nitrogens with zero attached hydrogens (tertiary/aromatic N) is 12. The van der Waals surface area contributed by atoms with Gasteiger partial charge in [0.1, 0.15) is 23.3 Å². The quantitative estimate of drug-likeness (QED) is 0.117. The van der Waals surface area contributed by atoms with E-state index in [2.05, 4.69) is 157 Å². The van der Waals surface area contributed by atoms with Gasteiger partial charge in [-0.05, 0) is 61.9 Å². The molecule has 0 spiro atoms. The predicted molar refractivity (Wildman–Crippen MR) is 314 cm³/mol. The molecule has 0 bridgehead atoms. The summed E-state index contributed by atoms with van der Waals surface area (Å²) < 4.78 is 8.38. The predicted octanol–water partition coefficient (Wildman–Crippen LogP) is 14.6. The number of hydrogen-bond donors (Lipinski definition) is 0. The molecule has 0 saturated heterocycles. The summed E-state index contributed by atoms with van der Waals surface area (Å²) in [5.41, 5.74) is 8.03. The number of benzene rings is 8. The maximum absolute atomic E-state index is 4.43. The van der Waals surface area contributed by atoms with Crippen LogP contribution in [0.4, 0.5) is 0 Å². The summed E-state index contributed by atoms with van der Waals surface area (Å²) >= 11 is 0. The molecule has 4 heterocycles. The summed E-state index contributed by atoms with van der Waals surface area (Å²) in [4.78, 5) is 0. The van der Waals surface area contributed by atoms with E-state index in [1.54, 1.807) is 0 Å². The maximum atomic E-state index is 4.43. The molecule has 4 aromatic heterocycles. The largest absolute Gasteiger partial charge is 0.320 e. The molecule has 0 aliphatic heterocycles. The van der Waals surface area contributed by atoms with Crippen molar-refractivity contribution in [3.63, 3.8) is 0 Å². The summed E-state index contributed by atoms with van der Waals surface area (Å²) in [6, 6.07) is 85.0. The molecule has 16 heteroatoms. The van der Waals surface area contributed by atoms with Crippen molar-refractivity contribution in [1.82, 2.24) is 59.1 Å². The molecule has 0 unspecified atom stereocenters. The van der Waals surface area contributed by atoms with E-state index in [9.17, 15) is 0 Å². The summed E-state index contributed by atoms with van der Waals surface area (Å²) in [5, 5.41) is 34.7. The van der Waals surface area contributed by atoms with Crippen LogP contribution in [-0.4, -0.2) is 59.1 Å². The van der Waals surface area contributed by atoms with Crippen LogP contribution in [0.15, 0.2) is 218 Å². The van der Waals surface area contributed by atoms with Crippen molar-refractivity contribution in [2.45, 2.75) is 72.6 Å². The molecule has 12 rings (SSSR count). The minimum Gasteiger partial charge on any atom is -0.320 e. The Balaban J connectivity index is 0.000000200. The molecular formula is C67H62Ir4N12-4. The van der Waals surface area contributed by atoms with Gasteiger partial charge in [-0.1, -0.05) is 114 Å². The Hall–Kier alpha value is -7.08. The Bertz CT molecular complexity index is 3740. The molecule has 0 saturated carbocycles. The van der Waals surface area contributed by atoms with E-state index in [-0.39, 0.29) is 85.8 Å². The molecule has 8 aromatic carbocycles. The molecule has 4 radical (unpaired) electrons. The van der Waals surface area contributed by atoms with Gasteiger partial charge in [-0.3, -0.25) is 0 Å². The van der Waals surface area contributed by atoms with Gasteiger partial charge >= 0.3 is 0 Å². The molecule has 12 nitrogen and oxygen atoms in total. The van der Waals surface area contributed by atoms with Crippen LogP contribution >= 0.6 is 0 Å². The van der Waals surface area contributed by atoms with Crippen molar-refractivity contribution < 1.29 is 80.4 Å². The number of aryl methyl sites for hydroxylation is 2. The average Bonchev–Trinajstić information content (AvgIpc) is 4.52. The van der Waals surface area contributed by atoms with E-state index >= 15 is 0 Å². The summed E-state index contributed by atoms with van der Waals surface area (Å²) in [6.07, 6.45) is 1.96. The second-order valence-electron chi connectivity index (χ2n) is 19.7. The normalized spacial score (nSPS) is 10.4.